The van der Waals surface area contributed by atoms with Crippen LogP contribution in [-0.2, 0) is 14.9 Å². The van der Waals surface area contributed by atoms with Gasteiger partial charge < -0.3 is 19.3 Å². The molecule has 1 rings (SSSR count). The first-order valence-corrected chi connectivity index (χ1v) is 7.87. The summed E-state index contributed by atoms with van der Waals surface area (Å²) < 4.78 is 19.4. The molecule has 0 atom stereocenters. The fourth-order valence-electron chi connectivity index (χ4n) is 2.13. The third kappa shape index (κ3) is 5.73. The van der Waals surface area contributed by atoms with E-state index in [1.807, 2.05) is 13.8 Å². The number of hydrogen-bond donors (Lipinski definition) is 2. The zero-order chi connectivity index (χ0) is 17.3. The minimum atomic E-state index is -3.13. The highest BCUT2D eigenvalue weighted by atomic mass is 31.1. The molecule has 0 saturated carbocycles. The molecule has 0 bridgehead atoms. The predicted molar refractivity (Wildman–Crippen MR) is 82.4 cm³/mol. The van der Waals surface area contributed by atoms with Crippen LogP contribution >= 0.6 is 8.25 Å². The first-order chi connectivity index (χ1) is 10.3. The van der Waals surface area contributed by atoms with Crippen LogP contribution in [0.5, 0.6) is 5.75 Å². The fourth-order valence-corrected chi connectivity index (χ4v) is 2.13. The molecule has 0 radical (unpaired) electrons. The highest BCUT2D eigenvalue weighted by Gasteiger charge is 2.30. The maximum Gasteiger partial charge on any atom is 0.314 e. The summed E-state index contributed by atoms with van der Waals surface area (Å²) in [4.78, 5) is 24.8. The summed E-state index contributed by atoms with van der Waals surface area (Å²) in [7, 11) is -0.0111. The van der Waals surface area contributed by atoms with E-state index >= 15 is 0 Å². The van der Waals surface area contributed by atoms with Crippen LogP contribution in [0.1, 0.15) is 32.3 Å². The van der Waals surface area contributed by atoms with E-state index in [-0.39, 0.29) is 5.69 Å². The van der Waals surface area contributed by atoms with Gasteiger partial charge in [-0.15, -0.1) is 0 Å². The first kappa shape index (κ1) is 20.5. The van der Waals surface area contributed by atoms with Crippen molar-refractivity contribution in [1.29, 1.82) is 0 Å². The lowest BCUT2D eigenvalue weighted by atomic mass is 9.88. The Morgan fingerprint density at radius 1 is 1.23 bits per heavy atom. The van der Waals surface area contributed by atoms with Gasteiger partial charge in [0.05, 0.1) is 23.7 Å². The van der Waals surface area contributed by atoms with E-state index in [0.717, 1.165) is 18.4 Å². The molecular weight excluding hydrogens is 313 g/mol. The van der Waals surface area contributed by atoms with Crippen LogP contribution < -0.4 is 4.74 Å². The maximum absolute atomic E-state index is 10.9. The number of benzene rings is 1. The summed E-state index contributed by atoms with van der Waals surface area (Å²) in [6.07, 6.45) is 1.48. The highest BCUT2D eigenvalue weighted by molar-refractivity contribution is 7.30. The Balaban J connectivity index is 0.000000980. The minimum Gasteiger partial charge on any atom is -0.496 e. The molecule has 0 heterocycles. The van der Waals surface area contributed by atoms with Crippen molar-refractivity contribution in [2.24, 2.45) is 0 Å². The molecule has 1 aromatic carbocycles. The minimum absolute atomic E-state index is 0.0210. The van der Waals surface area contributed by atoms with Gasteiger partial charge >= 0.3 is 8.25 Å². The van der Waals surface area contributed by atoms with Crippen LogP contribution in [0.15, 0.2) is 18.2 Å². The number of nitro groups is 1. The Bertz CT molecular complexity index is 505. The number of nitro benzene ring substituents is 1. The summed E-state index contributed by atoms with van der Waals surface area (Å²) in [6, 6.07) is 4.76. The number of rotatable bonds is 6. The van der Waals surface area contributed by atoms with Crippen molar-refractivity contribution in [3.8, 4) is 5.75 Å². The van der Waals surface area contributed by atoms with E-state index in [1.54, 1.807) is 19.2 Å². The monoisotopic (exact) mass is 335 g/mol. The van der Waals surface area contributed by atoms with E-state index < -0.39 is 18.8 Å². The average molecular weight is 335 g/mol. The Labute approximate surface area is 129 Å². The lowest BCUT2D eigenvalue weighted by Crippen LogP contribution is -2.26. The van der Waals surface area contributed by atoms with Gasteiger partial charge in [-0.1, -0.05) is 13.8 Å². The Morgan fingerprint density at radius 3 is 2.05 bits per heavy atom. The smallest absolute Gasteiger partial charge is 0.314 e. The van der Waals surface area contributed by atoms with Gasteiger partial charge in [0, 0.05) is 13.2 Å². The van der Waals surface area contributed by atoms with Crippen molar-refractivity contribution in [3.05, 3.63) is 33.9 Å². The third-order valence-corrected chi connectivity index (χ3v) is 3.40. The molecule has 2 N–H and O–H groups in total. The summed E-state index contributed by atoms with van der Waals surface area (Å²) in [5.41, 5.74) is 0.299. The predicted octanol–water partition coefficient (Wildman–Crippen LogP) is 2.63. The molecule has 1 aromatic rings. The molecule has 9 heteroatoms. The Morgan fingerprint density at radius 2 is 1.73 bits per heavy atom. The van der Waals surface area contributed by atoms with Gasteiger partial charge in [0.25, 0.3) is 5.69 Å². The van der Waals surface area contributed by atoms with Gasteiger partial charge in [0.2, 0.25) is 0 Å². The van der Waals surface area contributed by atoms with Crippen LogP contribution in [0.4, 0.5) is 5.69 Å². The number of methoxy groups -OCH3 is 2. The fraction of sp³-hybridized carbons (Fsp3) is 0.538. The topological polar surface area (TPSA) is 119 Å². The first-order valence-electron chi connectivity index (χ1n) is 6.57. The molecule has 0 saturated heterocycles. The summed E-state index contributed by atoms with van der Waals surface area (Å²) in [5, 5.41) is 10.9. The molecule has 22 heavy (non-hydrogen) atoms. The van der Waals surface area contributed by atoms with Crippen LogP contribution in [0, 0.1) is 10.1 Å². The molecular formula is C13H22NO7P. The van der Waals surface area contributed by atoms with Crippen molar-refractivity contribution in [1.82, 2.24) is 0 Å². The molecule has 0 unspecified atom stereocenters. The van der Waals surface area contributed by atoms with E-state index in [4.69, 9.17) is 23.8 Å². The van der Waals surface area contributed by atoms with Gasteiger partial charge in [-0.3, -0.25) is 14.7 Å². The standard InChI is InChI=1S/C13H19NO4.H3O3P/c1-5-13(6-2,18-4)10-7-11(14(15)16)9-12(8-10)17-3;1-4(2)3/h7-9H,5-6H2,1-4H3;4H,(H2,1,2,3). The largest absolute Gasteiger partial charge is 0.496 e. The molecule has 0 aliphatic carbocycles. The van der Waals surface area contributed by atoms with Gasteiger partial charge in [-0.05, 0) is 24.5 Å². The molecule has 0 amide bonds. The van der Waals surface area contributed by atoms with Crippen LogP contribution in [0.25, 0.3) is 0 Å². The van der Waals surface area contributed by atoms with E-state index in [2.05, 4.69) is 0 Å². The molecule has 0 spiro atoms. The summed E-state index contributed by atoms with van der Waals surface area (Å²) >= 11 is 0. The van der Waals surface area contributed by atoms with Crippen molar-refractivity contribution in [2.75, 3.05) is 14.2 Å². The molecule has 0 fully saturated rings. The highest BCUT2D eigenvalue weighted by Crippen LogP contribution is 2.36. The molecule has 8 nitrogen and oxygen atoms in total. The van der Waals surface area contributed by atoms with E-state index in [1.165, 1.54) is 13.2 Å². The third-order valence-electron chi connectivity index (χ3n) is 3.40. The number of nitrogens with zero attached hydrogens (tertiary/aromatic N) is 1. The molecule has 126 valence electrons. The van der Waals surface area contributed by atoms with E-state index in [0.29, 0.717) is 5.75 Å². The van der Waals surface area contributed by atoms with Crippen molar-refractivity contribution >= 4 is 13.9 Å². The van der Waals surface area contributed by atoms with Gasteiger partial charge in [-0.25, -0.2) is 0 Å². The Kier molecular flexibility index (Phi) is 8.89. The van der Waals surface area contributed by atoms with Crippen LogP contribution in [-0.4, -0.2) is 28.9 Å². The average Bonchev–Trinajstić information content (AvgIpc) is 2.48. The van der Waals surface area contributed by atoms with Crippen molar-refractivity contribution in [2.45, 2.75) is 32.3 Å². The lowest BCUT2D eigenvalue weighted by molar-refractivity contribution is -0.385. The zero-order valence-corrected chi connectivity index (χ0v) is 14.0. The quantitative estimate of drug-likeness (QED) is 0.466. The molecule has 0 aliphatic rings. The second-order valence-corrected chi connectivity index (χ2v) is 4.93. The van der Waals surface area contributed by atoms with Crippen molar-refractivity contribution in [3.63, 3.8) is 0 Å². The Hall–Kier alpha value is -1.47. The lowest BCUT2D eigenvalue weighted by Gasteiger charge is -2.30. The second kappa shape index (κ2) is 9.53. The van der Waals surface area contributed by atoms with Gasteiger partial charge in [-0.2, -0.15) is 0 Å². The zero-order valence-electron chi connectivity index (χ0n) is 13.0. The molecule has 0 aliphatic heterocycles. The summed E-state index contributed by atoms with van der Waals surface area (Å²) in [5.74, 6) is 0.475. The number of ether oxygens (including phenoxy) is 2. The van der Waals surface area contributed by atoms with E-state index in [9.17, 15) is 10.1 Å². The van der Waals surface area contributed by atoms with Crippen molar-refractivity contribution < 1.29 is 28.7 Å². The maximum atomic E-state index is 10.9. The SMILES string of the molecule is CCC(CC)(OC)c1cc(OC)cc([N+](=O)[O-])c1.O=[PH](O)O. The number of hydrogen-bond acceptors (Lipinski definition) is 5. The van der Waals surface area contributed by atoms with Crippen LogP contribution in [0.2, 0.25) is 0 Å². The van der Waals surface area contributed by atoms with Gasteiger partial charge in [0.1, 0.15) is 5.75 Å². The van der Waals surface area contributed by atoms with Crippen LogP contribution in [0.3, 0.4) is 0 Å². The normalized spacial score (nSPS) is 10.9. The van der Waals surface area contributed by atoms with Gasteiger partial charge in [0.15, 0.2) is 0 Å². The molecule has 0 aromatic heterocycles. The second-order valence-electron chi connectivity index (χ2n) is 4.36. The number of non-ortho nitro benzene ring substituents is 1. The summed E-state index contributed by atoms with van der Waals surface area (Å²) in [6.45, 7) is 4.00.